The molecule has 1 heteroatoms. The Morgan fingerprint density at radius 1 is 1.21 bits per heavy atom. The molecule has 0 bridgehead atoms. The zero-order valence-corrected chi connectivity index (χ0v) is 9.10. The van der Waals surface area contributed by atoms with Crippen molar-refractivity contribution in [3.05, 3.63) is 35.1 Å². The second-order valence-electron chi connectivity index (χ2n) is 5.08. The van der Waals surface area contributed by atoms with Gasteiger partial charge in [-0.1, -0.05) is 26.8 Å². The van der Waals surface area contributed by atoms with E-state index in [-0.39, 0.29) is 5.82 Å². The third kappa shape index (κ3) is 1.45. The molecule has 0 spiro atoms. The van der Waals surface area contributed by atoms with Crippen LogP contribution >= 0.6 is 0 Å². The van der Waals surface area contributed by atoms with Crippen molar-refractivity contribution >= 4 is 0 Å². The molecule has 0 saturated heterocycles. The molecule has 0 amide bonds. The molecule has 0 N–H and O–H groups in total. The first-order valence-corrected chi connectivity index (χ1v) is 5.28. The Labute approximate surface area is 85.1 Å². The van der Waals surface area contributed by atoms with Crippen LogP contribution in [0.2, 0.25) is 0 Å². The highest BCUT2D eigenvalue weighted by Crippen LogP contribution is 2.42. The summed E-state index contributed by atoms with van der Waals surface area (Å²) in [6.45, 7) is 6.81. The van der Waals surface area contributed by atoms with E-state index in [1.54, 1.807) is 12.1 Å². The maximum Gasteiger partial charge on any atom is 0.123 e. The van der Waals surface area contributed by atoms with Crippen molar-refractivity contribution in [3.8, 4) is 0 Å². The lowest BCUT2D eigenvalue weighted by Gasteiger charge is -2.28. The first-order chi connectivity index (χ1) is 6.51. The van der Waals surface area contributed by atoms with Gasteiger partial charge >= 0.3 is 0 Å². The molecule has 0 radical (unpaired) electrons. The first-order valence-electron chi connectivity index (χ1n) is 5.28. The molecule has 0 nitrogen and oxygen atoms in total. The molecule has 1 aromatic rings. The molecule has 76 valence electrons. The van der Waals surface area contributed by atoms with Gasteiger partial charge in [-0.05, 0) is 47.4 Å². The van der Waals surface area contributed by atoms with Crippen LogP contribution in [0, 0.1) is 17.2 Å². The normalized spacial score (nSPS) is 25.5. The summed E-state index contributed by atoms with van der Waals surface area (Å²) in [5, 5.41) is 0. The average Bonchev–Trinajstić information content (AvgIpc) is 2.42. The van der Waals surface area contributed by atoms with E-state index in [4.69, 9.17) is 0 Å². The van der Waals surface area contributed by atoms with Crippen molar-refractivity contribution in [2.75, 3.05) is 0 Å². The Hall–Kier alpha value is -0.850. The summed E-state index contributed by atoms with van der Waals surface area (Å²) in [7, 11) is 0. The van der Waals surface area contributed by atoms with Gasteiger partial charge in [0.1, 0.15) is 5.82 Å². The minimum atomic E-state index is -0.100. The molecule has 0 heterocycles. The summed E-state index contributed by atoms with van der Waals surface area (Å²) < 4.78 is 13.0. The highest BCUT2D eigenvalue weighted by Gasteiger charge is 2.35. The summed E-state index contributed by atoms with van der Waals surface area (Å²) in [6, 6.07) is 5.21. The van der Waals surface area contributed by atoms with Crippen LogP contribution in [0.3, 0.4) is 0 Å². The van der Waals surface area contributed by atoms with Gasteiger partial charge in [0.05, 0.1) is 0 Å². The highest BCUT2D eigenvalue weighted by molar-refractivity contribution is 5.34. The van der Waals surface area contributed by atoms with Gasteiger partial charge in [-0.15, -0.1) is 0 Å². The Balaban J connectivity index is 2.34. The predicted octanol–water partition coefficient (Wildman–Crippen LogP) is 3.59. The Morgan fingerprint density at radius 2 is 1.86 bits per heavy atom. The zero-order valence-electron chi connectivity index (χ0n) is 9.10. The number of hydrogen-bond acceptors (Lipinski definition) is 0. The molecular formula is C13H17F. The lowest BCUT2D eigenvalue weighted by atomic mass is 9.77. The summed E-state index contributed by atoms with van der Waals surface area (Å²) >= 11 is 0. The molecule has 0 saturated carbocycles. The van der Waals surface area contributed by atoms with Crippen molar-refractivity contribution in [2.24, 2.45) is 11.3 Å². The maximum atomic E-state index is 13.0. The number of benzene rings is 1. The van der Waals surface area contributed by atoms with Crippen LogP contribution in [-0.2, 0) is 12.8 Å². The molecular weight excluding hydrogens is 175 g/mol. The molecule has 1 aliphatic rings. The topological polar surface area (TPSA) is 0 Å². The Morgan fingerprint density at radius 3 is 2.50 bits per heavy atom. The SMILES string of the molecule is CC(C)C1(C)Cc2ccc(F)cc2C1. The van der Waals surface area contributed by atoms with Gasteiger partial charge < -0.3 is 0 Å². The van der Waals surface area contributed by atoms with E-state index in [9.17, 15) is 4.39 Å². The summed E-state index contributed by atoms with van der Waals surface area (Å²) in [4.78, 5) is 0. The van der Waals surface area contributed by atoms with Crippen molar-refractivity contribution in [1.29, 1.82) is 0 Å². The van der Waals surface area contributed by atoms with Crippen LogP contribution in [0.5, 0.6) is 0 Å². The fourth-order valence-corrected chi connectivity index (χ4v) is 2.27. The largest absolute Gasteiger partial charge is 0.207 e. The quantitative estimate of drug-likeness (QED) is 0.638. The molecule has 1 unspecified atom stereocenters. The second kappa shape index (κ2) is 3.08. The van der Waals surface area contributed by atoms with Crippen molar-refractivity contribution < 1.29 is 4.39 Å². The summed E-state index contributed by atoms with van der Waals surface area (Å²) in [5.74, 6) is 0.551. The number of halogens is 1. The molecule has 14 heavy (non-hydrogen) atoms. The van der Waals surface area contributed by atoms with E-state index in [1.165, 1.54) is 11.1 Å². The Kier molecular flexibility index (Phi) is 2.13. The minimum absolute atomic E-state index is 0.100. The Bertz CT molecular complexity index is 354. The van der Waals surface area contributed by atoms with E-state index >= 15 is 0 Å². The van der Waals surface area contributed by atoms with E-state index in [2.05, 4.69) is 20.8 Å². The van der Waals surface area contributed by atoms with Crippen LogP contribution in [-0.4, -0.2) is 0 Å². The number of rotatable bonds is 1. The maximum absolute atomic E-state index is 13.0. The van der Waals surface area contributed by atoms with Gasteiger partial charge in [0.15, 0.2) is 0 Å². The average molecular weight is 192 g/mol. The van der Waals surface area contributed by atoms with Crippen LogP contribution in [0.15, 0.2) is 18.2 Å². The summed E-state index contributed by atoms with van der Waals surface area (Å²) in [5.41, 5.74) is 2.87. The fraction of sp³-hybridized carbons (Fsp3) is 0.538. The standard InChI is InChI=1S/C13H17F/c1-9(2)13(3)7-10-4-5-12(14)6-11(10)8-13/h4-6,9H,7-8H2,1-3H3. The minimum Gasteiger partial charge on any atom is -0.207 e. The van der Waals surface area contributed by atoms with Crippen molar-refractivity contribution in [3.63, 3.8) is 0 Å². The van der Waals surface area contributed by atoms with E-state index in [0.29, 0.717) is 11.3 Å². The lowest BCUT2D eigenvalue weighted by Crippen LogP contribution is -2.23. The van der Waals surface area contributed by atoms with E-state index in [0.717, 1.165) is 12.8 Å². The van der Waals surface area contributed by atoms with Crippen LogP contribution in [0.1, 0.15) is 31.9 Å². The van der Waals surface area contributed by atoms with Crippen LogP contribution in [0.4, 0.5) is 4.39 Å². The van der Waals surface area contributed by atoms with Gasteiger partial charge in [-0.25, -0.2) is 4.39 Å². The van der Waals surface area contributed by atoms with Crippen molar-refractivity contribution in [2.45, 2.75) is 33.6 Å². The monoisotopic (exact) mass is 192 g/mol. The second-order valence-corrected chi connectivity index (χ2v) is 5.08. The molecule has 2 rings (SSSR count). The first kappa shape index (κ1) is 9.70. The molecule has 1 aromatic carbocycles. The molecule has 0 aromatic heterocycles. The van der Waals surface area contributed by atoms with Crippen LogP contribution < -0.4 is 0 Å². The smallest absolute Gasteiger partial charge is 0.123 e. The van der Waals surface area contributed by atoms with E-state index < -0.39 is 0 Å². The van der Waals surface area contributed by atoms with Gasteiger partial charge in [0, 0.05) is 0 Å². The number of fused-ring (bicyclic) bond motifs is 1. The van der Waals surface area contributed by atoms with Gasteiger partial charge in [-0.2, -0.15) is 0 Å². The molecule has 0 fully saturated rings. The van der Waals surface area contributed by atoms with Gasteiger partial charge in [-0.3, -0.25) is 0 Å². The molecule has 1 aliphatic carbocycles. The van der Waals surface area contributed by atoms with Gasteiger partial charge in [0.25, 0.3) is 0 Å². The van der Waals surface area contributed by atoms with Crippen LogP contribution in [0.25, 0.3) is 0 Å². The number of hydrogen-bond donors (Lipinski definition) is 0. The lowest BCUT2D eigenvalue weighted by molar-refractivity contribution is 0.234. The highest BCUT2D eigenvalue weighted by atomic mass is 19.1. The van der Waals surface area contributed by atoms with Crippen molar-refractivity contribution in [1.82, 2.24) is 0 Å². The predicted molar refractivity (Wildman–Crippen MR) is 56.8 cm³/mol. The zero-order chi connectivity index (χ0) is 10.3. The van der Waals surface area contributed by atoms with Gasteiger partial charge in [0.2, 0.25) is 0 Å². The third-order valence-corrected chi connectivity index (χ3v) is 3.75. The molecule has 1 atom stereocenters. The molecule has 0 aliphatic heterocycles. The summed E-state index contributed by atoms with van der Waals surface area (Å²) in [6.07, 6.45) is 2.12. The van der Waals surface area contributed by atoms with E-state index in [1.807, 2.05) is 6.07 Å². The third-order valence-electron chi connectivity index (χ3n) is 3.75. The fourth-order valence-electron chi connectivity index (χ4n) is 2.27.